The van der Waals surface area contributed by atoms with Gasteiger partial charge >= 0.3 is 0 Å². The van der Waals surface area contributed by atoms with Crippen LogP contribution in [-0.4, -0.2) is 19.8 Å². The molecule has 1 aromatic carbocycles. The molecule has 2 atom stereocenters. The number of fused-ring (bicyclic) bond motifs is 2. The lowest BCUT2D eigenvalue weighted by molar-refractivity contribution is 0.361. The van der Waals surface area contributed by atoms with Crippen molar-refractivity contribution < 1.29 is 4.74 Å². The lowest BCUT2D eigenvalue weighted by atomic mass is 9.81. The molecule has 80 valence electrons. The van der Waals surface area contributed by atoms with Crippen LogP contribution >= 0.6 is 0 Å². The molecule has 3 aliphatic rings. The Kier molecular flexibility index (Phi) is 1.89. The Hall–Kier alpha value is -1.22. The number of benzene rings is 1. The third-order valence-corrected chi connectivity index (χ3v) is 3.63. The van der Waals surface area contributed by atoms with Crippen LogP contribution in [0.4, 0.5) is 5.69 Å². The molecule has 0 aromatic heterocycles. The molecule has 1 saturated heterocycles. The summed E-state index contributed by atoms with van der Waals surface area (Å²) in [6.45, 7) is 1.09. The molecule has 0 spiro atoms. The van der Waals surface area contributed by atoms with Crippen molar-refractivity contribution in [2.45, 2.75) is 24.9 Å². The molecule has 2 N–H and O–H groups in total. The maximum atomic E-state index is 6.11. The van der Waals surface area contributed by atoms with Crippen LogP contribution in [0.2, 0.25) is 0 Å². The van der Waals surface area contributed by atoms with Crippen LogP contribution in [0.1, 0.15) is 24.3 Å². The molecule has 3 heterocycles. The summed E-state index contributed by atoms with van der Waals surface area (Å²) in [7, 11) is 1.74. The molecule has 3 nitrogen and oxygen atoms in total. The highest BCUT2D eigenvalue weighted by Gasteiger charge is 2.37. The SMILES string of the molecule is COc1cccc2c1C1CCN2C(N)C1. The van der Waals surface area contributed by atoms with Crippen LogP contribution < -0.4 is 15.4 Å². The van der Waals surface area contributed by atoms with Crippen molar-refractivity contribution in [3.63, 3.8) is 0 Å². The minimum atomic E-state index is 0.198. The molecule has 0 saturated carbocycles. The number of anilines is 1. The molecule has 0 radical (unpaired) electrons. The maximum Gasteiger partial charge on any atom is 0.124 e. The van der Waals surface area contributed by atoms with Gasteiger partial charge in [0.05, 0.1) is 13.3 Å². The maximum absolute atomic E-state index is 6.11. The first-order chi connectivity index (χ1) is 7.31. The first-order valence-corrected chi connectivity index (χ1v) is 5.50. The van der Waals surface area contributed by atoms with E-state index >= 15 is 0 Å². The van der Waals surface area contributed by atoms with Gasteiger partial charge in [-0.1, -0.05) is 6.07 Å². The number of hydrogen-bond acceptors (Lipinski definition) is 3. The van der Waals surface area contributed by atoms with E-state index in [1.165, 1.54) is 17.7 Å². The smallest absolute Gasteiger partial charge is 0.124 e. The van der Waals surface area contributed by atoms with Crippen LogP contribution in [0.25, 0.3) is 0 Å². The summed E-state index contributed by atoms with van der Waals surface area (Å²) in [6, 6.07) is 6.25. The normalized spacial score (nSPS) is 27.7. The molecule has 15 heavy (non-hydrogen) atoms. The Morgan fingerprint density at radius 1 is 1.47 bits per heavy atom. The average molecular weight is 204 g/mol. The zero-order chi connectivity index (χ0) is 10.4. The van der Waals surface area contributed by atoms with E-state index in [-0.39, 0.29) is 6.17 Å². The Morgan fingerprint density at radius 3 is 3.07 bits per heavy atom. The molecular formula is C12H16N2O. The predicted octanol–water partition coefficient (Wildman–Crippen LogP) is 1.68. The van der Waals surface area contributed by atoms with Crippen molar-refractivity contribution >= 4 is 5.69 Å². The molecule has 1 aromatic rings. The second-order valence-electron chi connectivity index (χ2n) is 4.38. The van der Waals surface area contributed by atoms with E-state index in [0.717, 1.165) is 18.7 Å². The van der Waals surface area contributed by atoms with Crippen molar-refractivity contribution in [1.29, 1.82) is 0 Å². The molecule has 2 unspecified atom stereocenters. The summed E-state index contributed by atoms with van der Waals surface area (Å²) in [5, 5.41) is 0. The first kappa shape index (κ1) is 9.04. The van der Waals surface area contributed by atoms with E-state index in [1.54, 1.807) is 7.11 Å². The van der Waals surface area contributed by atoms with Gasteiger partial charge in [0.1, 0.15) is 5.75 Å². The van der Waals surface area contributed by atoms with Gasteiger partial charge in [-0.05, 0) is 30.9 Å². The lowest BCUT2D eigenvalue weighted by Gasteiger charge is -2.46. The molecule has 3 aliphatic heterocycles. The summed E-state index contributed by atoms with van der Waals surface area (Å²) < 4.78 is 5.43. The van der Waals surface area contributed by atoms with Gasteiger partial charge in [-0.25, -0.2) is 0 Å². The van der Waals surface area contributed by atoms with E-state index in [9.17, 15) is 0 Å². The minimum absolute atomic E-state index is 0.198. The van der Waals surface area contributed by atoms with E-state index < -0.39 is 0 Å². The molecule has 3 heteroatoms. The van der Waals surface area contributed by atoms with Crippen LogP contribution in [0.15, 0.2) is 18.2 Å². The van der Waals surface area contributed by atoms with Crippen LogP contribution in [0.3, 0.4) is 0 Å². The van der Waals surface area contributed by atoms with Gasteiger partial charge in [0.2, 0.25) is 0 Å². The standard InChI is InChI=1S/C12H16N2O/c1-15-10-4-2-3-9-12(10)8-5-6-14(9)11(13)7-8/h2-4,8,11H,5-7,13H2,1H3. The highest BCUT2D eigenvalue weighted by atomic mass is 16.5. The number of nitrogens with zero attached hydrogens (tertiary/aromatic N) is 1. The fraction of sp³-hybridized carbons (Fsp3) is 0.500. The summed E-state index contributed by atoms with van der Waals surface area (Å²) in [5.41, 5.74) is 8.76. The Morgan fingerprint density at radius 2 is 2.33 bits per heavy atom. The molecule has 0 aliphatic carbocycles. The predicted molar refractivity (Wildman–Crippen MR) is 60.3 cm³/mol. The summed E-state index contributed by atoms with van der Waals surface area (Å²) in [5.74, 6) is 1.62. The molecule has 2 bridgehead atoms. The number of ether oxygens (including phenoxy) is 1. The number of methoxy groups -OCH3 is 1. The zero-order valence-electron chi connectivity index (χ0n) is 8.94. The average Bonchev–Trinajstić information content (AvgIpc) is 2.29. The van der Waals surface area contributed by atoms with Crippen molar-refractivity contribution in [1.82, 2.24) is 0 Å². The van der Waals surface area contributed by atoms with Gasteiger partial charge in [0.25, 0.3) is 0 Å². The fourth-order valence-corrected chi connectivity index (χ4v) is 2.93. The second-order valence-corrected chi connectivity index (χ2v) is 4.38. The van der Waals surface area contributed by atoms with E-state index in [4.69, 9.17) is 10.5 Å². The van der Waals surface area contributed by atoms with Crippen LogP contribution in [0.5, 0.6) is 5.75 Å². The van der Waals surface area contributed by atoms with Crippen LogP contribution in [0, 0.1) is 0 Å². The van der Waals surface area contributed by atoms with Crippen molar-refractivity contribution in [3.05, 3.63) is 23.8 Å². The molecular weight excluding hydrogens is 188 g/mol. The Balaban J connectivity index is 2.17. The summed E-state index contributed by atoms with van der Waals surface area (Å²) in [4.78, 5) is 2.30. The Bertz CT molecular complexity index is 391. The highest BCUT2D eigenvalue weighted by Crippen LogP contribution is 2.47. The van der Waals surface area contributed by atoms with Crippen LogP contribution in [-0.2, 0) is 0 Å². The van der Waals surface area contributed by atoms with Gasteiger partial charge in [-0.3, -0.25) is 0 Å². The summed E-state index contributed by atoms with van der Waals surface area (Å²) >= 11 is 0. The van der Waals surface area contributed by atoms with Gasteiger partial charge in [-0.15, -0.1) is 0 Å². The van der Waals surface area contributed by atoms with Crippen molar-refractivity contribution in [2.75, 3.05) is 18.6 Å². The van der Waals surface area contributed by atoms with Gasteiger partial charge in [-0.2, -0.15) is 0 Å². The largest absolute Gasteiger partial charge is 0.496 e. The summed E-state index contributed by atoms with van der Waals surface area (Å²) in [6.07, 6.45) is 2.47. The number of rotatable bonds is 1. The number of hydrogen-bond donors (Lipinski definition) is 1. The lowest BCUT2D eigenvalue weighted by Crippen LogP contribution is -2.51. The Labute approximate surface area is 89.8 Å². The molecule has 1 fully saturated rings. The van der Waals surface area contributed by atoms with Gasteiger partial charge in [0, 0.05) is 17.8 Å². The van der Waals surface area contributed by atoms with Gasteiger partial charge < -0.3 is 15.4 Å². The monoisotopic (exact) mass is 204 g/mol. The van der Waals surface area contributed by atoms with Gasteiger partial charge in [0.15, 0.2) is 0 Å². The third-order valence-electron chi connectivity index (χ3n) is 3.63. The topological polar surface area (TPSA) is 38.5 Å². The highest BCUT2D eigenvalue weighted by molar-refractivity contribution is 5.65. The number of nitrogens with two attached hydrogens (primary N) is 1. The van der Waals surface area contributed by atoms with E-state index in [1.807, 2.05) is 12.1 Å². The van der Waals surface area contributed by atoms with Crippen molar-refractivity contribution in [3.8, 4) is 5.75 Å². The van der Waals surface area contributed by atoms with E-state index in [0.29, 0.717) is 5.92 Å². The molecule has 4 rings (SSSR count). The fourth-order valence-electron chi connectivity index (χ4n) is 2.93. The second kappa shape index (κ2) is 3.14. The van der Waals surface area contributed by atoms with E-state index in [2.05, 4.69) is 11.0 Å². The number of piperidine rings is 1. The molecule has 0 amide bonds. The first-order valence-electron chi connectivity index (χ1n) is 5.50. The zero-order valence-corrected chi connectivity index (χ0v) is 8.94. The minimum Gasteiger partial charge on any atom is -0.496 e. The van der Waals surface area contributed by atoms with Crippen molar-refractivity contribution in [2.24, 2.45) is 5.73 Å². The third kappa shape index (κ3) is 1.16. The quantitative estimate of drug-likeness (QED) is 0.756.